The second-order valence-electron chi connectivity index (χ2n) is 6.19. The first-order valence-electron chi connectivity index (χ1n) is 9.53. The van der Waals surface area contributed by atoms with Crippen LogP contribution in [0, 0.1) is 0 Å². The number of thioether (sulfide) groups is 1. The van der Waals surface area contributed by atoms with Crippen LogP contribution >= 0.6 is 11.8 Å². The lowest BCUT2D eigenvalue weighted by atomic mass is 10.1. The van der Waals surface area contributed by atoms with E-state index < -0.39 is 5.97 Å². The lowest BCUT2D eigenvalue weighted by molar-refractivity contribution is 0.0491. The van der Waals surface area contributed by atoms with Crippen molar-refractivity contribution in [3.05, 3.63) is 59.9 Å². The molecule has 0 fully saturated rings. The number of aromatic nitrogens is 4. The smallest absolute Gasteiger partial charge is 0.374 e. The number of benzene rings is 2. The number of hydrogen-bond acceptors (Lipinski definition) is 8. The Balaban J connectivity index is 1.66. The Morgan fingerprint density at radius 2 is 1.90 bits per heavy atom. The third-order valence-electron chi connectivity index (χ3n) is 4.34. The first-order valence-corrected chi connectivity index (χ1v) is 10.5. The number of esters is 1. The minimum absolute atomic E-state index is 0.208. The number of rotatable bonds is 8. The lowest BCUT2D eigenvalue weighted by Crippen LogP contribution is -2.06. The van der Waals surface area contributed by atoms with Crippen LogP contribution in [-0.4, -0.2) is 39.4 Å². The van der Waals surface area contributed by atoms with Crippen molar-refractivity contribution in [3.8, 4) is 11.4 Å². The topological polar surface area (TPSA) is 92.3 Å². The molecule has 0 atom stereocenters. The summed E-state index contributed by atoms with van der Waals surface area (Å²) in [7, 11) is 0. The minimum Gasteiger partial charge on any atom is -0.492 e. The van der Waals surface area contributed by atoms with Crippen LogP contribution in [0.4, 0.5) is 0 Å². The van der Waals surface area contributed by atoms with Crippen LogP contribution in [0.3, 0.4) is 0 Å². The zero-order chi connectivity index (χ0) is 20.9. The van der Waals surface area contributed by atoms with Gasteiger partial charge in [-0.1, -0.05) is 42.1 Å². The van der Waals surface area contributed by atoms with E-state index in [1.807, 2.05) is 55.5 Å². The maximum Gasteiger partial charge on any atom is 0.374 e. The van der Waals surface area contributed by atoms with Crippen LogP contribution in [0.25, 0.3) is 16.7 Å². The van der Waals surface area contributed by atoms with Gasteiger partial charge in [0.25, 0.3) is 0 Å². The van der Waals surface area contributed by atoms with Crippen molar-refractivity contribution >= 4 is 28.7 Å². The van der Waals surface area contributed by atoms with E-state index in [4.69, 9.17) is 13.9 Å². The molecular weight excluding hydrogens is 404 g/mol. The Bertz CT molecular complexity index is 1170. The third-order valence-corrected chi connectivity index (χ3v) is 5.28. The molecule has 0 bridgehead atoms. The van der Waals surface area contributed by atoms with E-state index in [-0.39, 0.29) is 12.4 Å². The highest BCUT2D eigenvalue weighted by molar-refractivity contribution is 7.98. The van der Waals surface area contributed by atoms with Crippen molar-refractivity contribution < 1.29 is 18.7 Å². The van der Waals surface area contributed by atoms with Gasteiger partial charge in [-0.25, -0.2) is 4.79 Å². The molecule has 4 aromatic rings. The summed E-state index contributed by atoms with van der Waals surface area (Å²) in [6.45, 7) is 4.49. The quantitative estimate of drug-likeness (QED) is 0.306. The highest BCUT2D eigenvalue weighted by Gasteiger charge is 2.23. The van der Waals surface area contributed by atoms with Gasteiger partial charge < -0.3 is 13.9 Å². The molecule has 4 rings (SSSR count). The molecule has 0 amide bonds. The summed E-state index contributed by atoms with van der Waals surface area (Å²) in [6, 6.07) is 15.1. The SMILES string of the molecule is CCOC(=O)c1oc2ccccc2c1CSc1nnnn1-c1ccccc1OCC. The van der Waals surface area contributed by atoms with Crippen molar-refractivity contribution in [1.29, 1.82) is 0 Å². The molecule has 0 aliphatic carbocycles. The van der Waals surface area contributed by atoms with Gasteiger partial charge >= 0.3 is 5.97 Å². The summed E-state index contributed by atoms with van der Waals surface area (Å²) in [5.41, 5.74) is 2.13. The Morgan fingerprint density at radius 1 is 1.10 bits per heavy atom. The van der Waals surface area contributed by atoms with Crippen molar-refractivity contribution in [2.75, 3.05) is 13.2 Å². The standard InChI is InChI=1S/C21H20N4O4S/c1-3-27-18-12-8-6-10-16(18)25-21(22-23-24-25)30-13-15-14-9-5-7-11-17(14)29-19(15)20(26)28-4-2/h5-12H,3-4,13H2,1-2H3. The molecule has 0 saturated heterocycles. The number of furan rings is 1. The number of carbonyl (C=O) groups excluding carboxylic acids is 1. The summed E-state index contributed by atoms with van der Waals surface area (Å²) in [5, 5.41) is 13.5. The largest absolute Gasteiger partial charge is 0.492 e. The van der Waals surface area contributed by atoms with Crippen LogP contribution in [-0.2, 0) is 10.5 Å². The van der Waals surface area contributed by atoms with Crippen molar-refractivity contribution in [1.82, 2.24) is 20.2 Å². The van der Waals surface area contributed by atoms with E-state index >= 15 is 0 Å². The lowest BCUT2D eigenvalue weighted by Gasteiger charge is -2.10. The number of carbonyl (C=O) groups is 1. The van der Waals surface area contributed by atoms with Gasteiger partial charge in [-0.05, 0) is 42.5 Å². The van der Waals surface area contributed by atoms with Crippen LogP contribution in [0.1, 0.15) is 30.0 Å². The molecule has 2 aromatic carbocycles. The molecule has 0 spiro atoms. The molecule has 9 heteroatoms. The van der Waals surface area contributed by atoms with Gasteiger partial charge in [-0.3, -0.25) is 0 Å². The van der Waals surface area contributed by atoms with Crippen LogP contribution < -0.4 is 4.74 Å². The summed E-state index contributed by atoms with van der Waals surface area (Å²) in [4.78, 5) is 12.4. The molecule has 30 heavy (non-hydrogen) atoms. The second kappa shape index (κ2) is 9.00. The fourth-order valence-corrected chi connectivity index (χ4v) is 3.98. The monoisotopic (exact) mass is 424 g/mol. The van der Waals surface area contributed by atoms with Crippen molar-refractivity contribution in [2.24, 2.45) is 0 Å². The fraction of sp³-hybridized carbons (Fsp3) is 0.238. The van der Waals surface area contributed by atoms with E-state index in [0.717, 1.165) is 16.6 Å². The van der Waals surface area contributed by atoms with E-state index in [1.54, 1.807) is 11.6 Å². The second-order valence-corrected chi connectivity index (χ2v) is 7.13. The predicted molar refractivity (Wildman–Crippen MR) is 112 cm³/mol. The number of hydrogen-bond donors (Lipinski definition) is 0. The Hall–Kier alpha value is -3.33. The predicted octanol–water partition coefficient (Wildman–Crippen LogP) is 4.28. The molecule has 0 unspecified atom stereocenters. The van der Waals surface area contributed by atoms with Crippen LogP contribution in [0.2, 0.25) is 0 Å². The van der Waals surface area contributed by atoms with Crippen molar-refractivity contribution in [3.63, 3.8) is 0 Å². The molecular formula is C21H20N4O4S. The number of ether oxygens (including phenoxy) is 2. The number of fused-ring (bicyclic) bond motifs is 1. The van der Waals surface area contributed by atoms with Crippen molar-refractivity contribution in [2.45, 2.75) is 24.8 Å². The van der Waals surface area contributed by atoms with Gasteiger partial charge in [-0.15, -0.1) is 5.10 Å². The number of tetrazole rings is 1. The molecule has 8 nitrogen and oxygen atoms in total. The first-order chi connectivity index (χ1) is 14.7. The third kappa shape index (κ3) is 3.88. The molecule has 0 aliphatic heterocycles. The molecule has 0 saturated carbocycles. The summed E-state index contributed by atoms with van der Waals surface area (Å²) in [5.74, 6) is 0.850. The van der Waals surface area contributed by atoms with E-state index in [2.05, 4.69) is 15.5 Å². The van der Waals surface area contributed by atoms with Gasteiger partial charge in [0, 0.05) is 16.7 Å². The molecule has 2 heterocycles. The Morgan fingerprint density at radius 3 is 2.73 bits per heavy atom. The summed E-state index contributed by atoms with van der Waals surface area (Å²) >= 11 is 1.40. The van der Waals surface area contributed by atoms with Gasteiger partial charge in [0.1, 0.15) is 17.0 Å². The first kappa shape index (κ1) is 20.0. The molecule has 0 radical (unpaired) electrons. The van der Waals surface area contributed by atoms with E-state index in [1.165, 1.54) is 11.8 Å². The summed E-state index contributed by atoms with van der Waals surface area (Å²) < 4.78 is 18.3. The average molecular weight is 424 g/mol. The van der Waals surface area contributed by atoms with Crippen LogP contribution in [0.15, 0.2) is 58.1 Å². The fourth-order valence-electron chi connectivity index (χ4n) is 3.07. The van der Waals surface area contributed by atoms with Gasteiger partial charge in [0.15, 0.2) is 0 Å². The zero-order valence-corrected chi connectivity index (χ0v) is 17.4. The molecule has 2 aromatic heterocycles. The zero-order valence-electron chi connectivity index (χ0n) is 16.6. The van der Waals surface area contributed by atoms with Gasteiger partial charge in [0.05, 0.1) is 13.2 Å². The molecule has 0 aliphatic rings. The Kier molecular flexibility index (Phi) is 5.99. The maximum atomic E-state index is 12.4. The number of nitrogens with zero attached hydrogens (tertiary/aromatic N) is 4. The normalized spacial score (nSPS) is 11.0. The summed E-state index contributed by atoms with van der Waals surface area (Å²) in [6.07, 6.45) is 0. The highest BCUT2D eigenvalue weighted by atomic mass is 32.2. The molecule has 0 N–H and O–H groups in total. The minimum atomic E-state index is -0.481. The Labute approximate surface area is 177 Å². The highest BCUT2D eigenvalue weighted by Crippen LogP contribution is 2.33. The van der Waals surface area contributed by atoms with Crippen LogP contribution in [0.5, 0.6) is 5.75 Å². The molecule has 154 valence electrons. The van der Waals surface area contributed by atoms with E-state index in [0.29, 0.717) is 28.8 Å². The van der Waals surface area contributed by atoms with Gasteiger partial charge in [-0.2, -0.15) is 4.68 Å². The maximum absolute atomic E-state index is 12.4. The number of para-hydroxylation sites is 3. The van der Waals surface area contributed by atoms with E-state index in [9.17, 15) is 4.79 Å². The van der Waals surface area contributed by atoms with Gasteiger partial charge in [0.2, 0.25) is 10.9 Å². The average Bonchev–Trinajstić information content (AvgIpc) is 3.37.